The number of halogens is 1. The maximum Gasteiger partial charge on any atom is 0.287 e. The Hall–Kier alpha value is -3.16. The van der Waals surface area contributed by atoms with E-state index in [0.29, 0.717) is 37.1 Å². The van der Waals surface area contributed by atoms with Gasteiger partial charge in [0.15, 0.2) is 5.76 Å². The molecule has 1 aliphatic rings. The highest BCUT2D eigenvalue weighted by molar-refractivity contribution is 5.95. The van der Waals surface area contributed by atoms with Crippen molar-refractivity contribution in [1.82, 2.24) is 15.5 Å². The highest BCUT2D eigenvalue weighted by atomic mass is 19.1. The van der Waals surface area contributed by atoms with E-state index in [9.17, 15) is 18.8 Å². The van der Waals surface area contributed by atoms with Gasteiger partial charge in [-0.1, -0.05) is 12.1 Å². The van der Waals surface area contributed by atoms with Gasteiger partial charge in [-0.3, -0.25) is 14.4 Å². The third-order valence-electron chi connectivity index (χ3n) is 5.34. The van der Waals surface area contributed by atoms with Crippen molar-refractivity contribution < 1.29 is 23.2 Å². The van der Waals surface area contributed by atoms with Crippen LogP contribution in [0.15, 0.2) is 41.0 Å². The predicted octanol–water partition coefficient (Wildman–Crippen LogP) is 2.40. The second-order valence-electron chi connectivity index (χ2n) is 7.57. The van der Waals surface area contributed by atoms with Crippen molar-refractivity contribution in [3.8, 4) is 0 Å². The van der Waals surface area contributed by atoms with Crippen LogP contribution in [-0.2, 0) is 16.1 Å². The number of likely N-dealkylation sites (tertiary alicyclic amines) is 1. The molecule has 2 N–H and O–H groups in total. The van der Waals surface area contributed by atoms with Crippen molar-refractivity contribution >= 4 is 17.7 Å². The van der Waals surface area contributed by atoms with Gasteiger partial charge >= 0.3 is 0 Å². The lowest BCUT2D eigenvalue weighted by Gasteiger charge is -2.33. The summed E-state index contributed by atoms with van der Waals surface area (Å²) in [6.45, 7) is 4.47. The summed E-state index contributed by atoms with van der Waals surface area (Å²) in [4.78, 5) is 38.7. The second-order valence-corrected chi connectivity index (χ2v) is 7.57. The van der Waals surface area contributed by atoms with Gasteiger partial charge in [-0.05, 0) is 56.0 Å². The number of hydrogen-bond acceptors (Lipinski definition) is 4. The SMILES string of the molecule is Cc1ccc(CNC(=O)C2CCN(C(=O)C(C)NC(=O)c3ccco3)CC2)cc1F. The van der Waals surface area contributed by atoms with Crippen LogP contribution in [0.2, 0.25) is 0 Å². The van der Waals surface area contributed by atoms with Gasteiger partial charge in [0.2, 0.25) is 11.8 Å². The van der Waals surface area contributed by atoms with Crippen molar-refractivity contribution in [2.45, 2.75) is 39.3 Å². The molecule has 1 aliphatic heterocycles. The molecule has 0 saturated carbocycles. The normalized spacial score (nSPS) is 15.5. The molecule has 0 radical (unpaired) electrons. The molecule has 0 aliphatic carbocycles. The first-order chi connectivity index (χ1) is 14.3. The summed E-state index contributed by atoms with van der Waals surface area (Å²) in [5, 5.41) is 5.47. The second kappa shape index (κ2) is 9.56. The lowest BCUT2D eigenvalue weighted by atomic mass is 9.95. The number of nitrogens with one attached hydrogen (secondary N) is 2. The van der Waals surface area contributed by atoms with E-state index >= 15 is 0 Å². The minimum Gasteiger partial charge on any atom is -0.459 e. The van der Waals surface area contributed by atoms with E-state index in [4.69, 9.17) is 4.42 Å². The monoisotopic (exact) mass is 415 g/mol. The molecule has 1 atom stereocenters. The average molecular weight is 415 g/mol. The zero-order chi connectivity index (χ0) is 21.7. The molecular formula is C22H26FN3O4. The van der Waals surface area contributed by atoms with Crippen LogP contribution in [0, 0.1) is 18.7 Å². The molecule has 1 saturated heterocycles. The third-order valence-corrected chi connectivity index (χ3v) is 5.34. The third kappa shape index (κ3) is 5.25. The van der Waals surface area contributed by atoms with Gasteiger partial charge in [-0.2, -0.15) is 0 Å². The molecule has 8 heteroatoms. The van der Waals surface area contributed by atoms with E-state index in [2.05, 4.69) is 10.6 Å². The summed E-state index contributed by atoms with van der Waals surface area (Å²) in [6, 6.07) is 7.35. The van der Waals surface area contributed by atoms with Crippen molar-refractivity contribution in [1.29, 1.82) is 0 Å². The van der Waals surface area contributed by atoms with Crippen molar-refractivity contribution in [2.75, 3.05) is 13.1 Å². The zero-order valence-corrected chi connectivity index (χ0v) is 17.1. The first-order valence-electron chi connectivity index (χ1n) is 10.0. The molecule has 1 fully saturated rings. The minimum atomic E-state index is -0.690. The van der Waals surface area contributed by atoms with Gasteiger partial charge in [-0.25, -0.2) is 4.39 Å². The molecule has 3 amide bonds. The lowest BCUT2D eigenvalue weighted by molar-refractivity contribution is -0.136. The number of benzene rings is 1. The average Bonchev–Trinajstić information content (AvgIpc) is 3.29. The quantitative estimate of drug-likeness (QED) is 0.758. The first kappa shape index (κ1) is 21.5. The minimum absolute atomic E-state index is 0.0951. The van der Waals surface area contributed by atoms with Crippen LogP contribution in [-0.4, -0.2) is 41.8 Å². The van der Waals surface area contributed by atoms with Gasteiger partial charge in [-0.15, -0.1) is 0 Å². The van der Waals surface area contributed by atoms with E-state index in [1.165, 1.54) is 18.4 Å². The number of hydrogen-bond donors (Lipinski definition) is 2. The Balaban J connectivity index is 1.44. The van der Waals surface area contributed by atoms with Gasteiger partial charge in [0.1, 0.15) is 11.9 Å². The summed E-state index contributed by atoms with van der Waals surface area (Å²) in [6.07, 6.45) is 2.48. The van der Waals surface area contributed by atoms with Crippen LogP contribution in [0.4, 0.5) is 4.39 Å². The Bertz CT molecular complexity index is 905. The largest absolute Gasteiger partial charge is 0.459 e. The molecule has 160 valence electrons. The van der Waals surface area contributed by atoms with Gasteiger partial charge in [0.05, 0.1) is 6.26 Å². The van der Waals surface area contributed by atoms with E-state index in [0.717, 1.165) is 0 Å². The summed E-state index contributed by atoms with van der Waals surface area (Å²) in [5.41, 5.74) is 1.27. The van der Waals surface area contributed by atoms with Crippen LogP contribution in [0.1, 0.15) is 41.4 Å². The van der Waals surface area contributed by atoms with Crippen LogP contribution in [0.5, 0.6) is 0 Å². The topological polar surface area (TPSA) is 91.7 Å². The van der Waals surface area contributed by atoms with E-state index in [1.807, 2.05) is 0 Å². The number of piperidine rings is 1. The van der Waals surface area contributed by atoms with Crippen molar-refractivity contribution in [3.05, 3.63) is 59.3 Å². The number of aryl methyl sites for hydroxylation is 1. The van der Waals surface area contributed by atoms with Gasteiger partial charge in [0.25, 0.3) is 5.91 Å². The molecule has 2 heterocycles. The van der Waals surface area contributed by atoms with Gasteiger partial charge < -0.3 is 20.0 Å². The van der Waals surface area contributed by atoms with Gasteiger partial charge in [0, 0.05) is 25.6 Å². The molecule has 0 bridgehead atoms. The Kier molecular flexibility index (Phi) is 6.87. The highest BCUT2D eigenvalue weighted by Crippen LogP contribution is 2.19. The number of amides is 3. The molecule has 1 unspecified atom stereocenters. The Labute approximate surface area is 174 Å². The lowest BCUT2D eigenvalue weighted by Crippen LogP contribution is -2.50. The molecule has 1 aromatic heterocycles. The number of carbonyl (C=O) groups is 3. The van der Waals surface area contributed by atoms with Crippen LogP contribution in [0.3, 0.4) is 0 Å². The molecule has 7 nitrogen and oxygen atoms in total. The fraction of sp³-hybridized carbons (Fsp3) is 0.409. The van der Waals surface area contributed by atoms with Crippen molar-refractivity contribution in [3.63, 3.8) is 0 Å². The maximum atomic E-state index is 13.6. The molecule has 30 heavy (non-hydrogen) atoms. The molecule has 0 spiro atoms. The standard InChI is InChI=1S/C22H26FN3O4/c1-14-5-6-16(12-18(14)23)13-24-20(27)17-7-9-26(10-8-17)22(29)15(2)25-21(28)19-4-3-11-30-19/h3-6,11-12,15,17H,7-10,13H2,1-2H3,(H,24,27)(H,25,28). The Morgan fingerprint density at radius 2 is 1.97 bits per heavy atom. The molecule has 1 aromatic carbocycles. The number of rotatable bonds is 6. The molecule has 3 rings (SSSR count). The fourth-order valence-electron chi connectivity index (χ4n) is 3.45. The summed E-state index contributed by atoms with van der Waals surface area (Å²) < 4.78 is 18.6. The van der Waals surface area contributed by atoms with Crippen LogP contribution >= 0.6 is 0 Å². The van der Waals surface area contributed by atoms with Crippen LogP contribution in [0.25, 0.3) is 0 Å². The van der Waals surface area contributed by atoms with Crippen LogP contribution < -0.4 is 10.6 Å². The number of furan rings is 1. The van der Waals surface area contributed by atoms with Crippen molar-refractivity contribution in [2.24, 2.45) is 5.92 Å². The van der Waals surface area contributed by atoms with E-state index in [-0.39, 0.29) is 35.9 Å². The number of nitrogens with zero attached hydrogens (tertiary/aromatic N) is 1. The first-order valence-corrected chi connectivity index (χ1v) is 10.0. The zero-order valence-electron chi connectivity index (χ0n) is 17.1. The maximum absolute atomic E-state index is 13.6. The predicted molar refractivity (Wildman–Crippen MR) is 108 cm³/mol. The smallest absolute Gasteiger partial charge is 0.287 e. The highest BCUT2D eigenvalue weighted by Gasteiger charge is 2.30. The molecular weight excluding hydrogens is 389 g/mol. The number of carbonyl (C=O) groups excluding carboxylic acids is 3. The summed E-state index contributed by atoms with van der Waals surface area (Å²) in [7, 11) is 0. The fourth-order valence-corrected chi connectivity index (χ4v) is 3.45. The Morgan fingerprint density at radius 1 is 1.23 bits per heavy atom. The Morgan fingerprint density at radius 3 is 2.60 bits per heavy atom. The summed E-state index contributed by atoms with van der Waals surface area (Å²) in [5.74, 6) is -1.06. The van der Waals surface area contributed by atoms with E-state index in [1.54, 1.807) is 36.9 Å². The molecule has 2 aromatic rings. The van der Waals surface area contributed by atoms with E-state index < -0.39 is 11.9 Å². The summed E-state index contributed by atoms with van der Waals surface area (Å²) >= 11 is 0.